The van der Waals surface area contributed by atoms with Crippen LogP contribution in [0.5, 0.6) is 0 Å². The molecule has 0 radical (unpaired) electrons. The van der Waals surface area contributed by atoms with Crippen molar-refractivity contribution in [3.63, 3.8) is 0 Å². The molecule has 1 saturated carbocycles. The molecule has 5 heteroatoms. The van der Waals surface area contributed by atoms with E-state index in [1.54, 1.807) is 12.1 Å². The lowest BCUT2D eigenvalue weighted by atomic mass is 9.98. The minimum atomic E-state index is -0.140. The molecule has 1 aliphatic carbocycles. The predicted molar refractivity (Wildman–Crippen MR) is 79.6 cm³/mol. The number of rotatable bonds is 4. The van der Waals surface area contributed by atoms with Gasteiger partial charge in [0.1, 0.15) is 6.61 Å². The first-order valence-corrected chi connectivity index (χ1v) is 6.51. The number of carbonyl (C=O) groups excluding carboxylic acids is 1. The second-order valence-electron chi connectivity index (χ2n) is 4.71. The Morgan fingerprint density at radius 3 is 2.63 bits per heavy atom. The number of anilines is 2. The Labute approximate surface area is 120 Å². The van der Waals surface area contributed by atoms with E-state index in [4.69, 9.17) is 10.5 Å². The van der Waals surface area contributed by atoms with E-state index in [0.717, 1.165) is 12.8 Å². The normalized spacial score (nSPS) is 15.6. The van der Waals surface area contributed by atoms with Crippen LogP contribution in [0.4, 0.5) is 11.4 Å². The van der Waals surface area contributed by atoms with Crippen molar-refractivity contribution in [2.24, 2.45) is 0 Å². The summed E-state index contributed by atoms with van der Waals surface area (Å²) >= 11 is 0. The van der Waals surface area contributed by atoms with E-state index in [0.29, 0.717) is 11.4 Å². The Morgan fingerprint density at radius 2 is 1.95 bits per heavy atom. The zero-order chi connectivity index (χ0) is 12.8. The molecule has 0 atom stereocenters. The lowest BCUT2D eigenvalue weighted by molar-refractivity contribution is -0.123. The first-order chi connectivity index (χ1) is 8.75. The molecule has 106 valence electrons. The van der Waals surface area contributed by atoms with Crippen molar-refractivity contribution < 1.29 is 9.53 Å². The van der Waals surface area contributed by atoms with E-state index >= 15 is 0 Å². The maximum atomic E-state index is 11.7. The quantitative estimate of drug-likeness (QED) is 0.836. The van der Waals surface area contributed by atoms with Gasteiger partial charge in [-0.15, -0.1) is 12.4 Å². The Morgan fingerprint density at radius 1 is 1.26 bits per heavy atom. The van der Waals surface area contributed by atoms with Crippen molar-refractivity contribution in [3.8, 4) is 0 Å². The Kier molecular flexibility index (Phi) is 6.67. The van der Waals surface area contributed by atoms with Gasteiger partial charge in [0, 0.05) is 0 Å². The topological polar surface area (TPSA) is 64.3 Å². The fourth-order valence-corrected chi connectivity index (χ4v) is 2.22. The summed E-state index contributed by atoms with van der Waals surface area (Å²) in [6.07, 6.45) is 6.09. The van der Waals surface area contributed by atoms with Crippen LogP contribution < -0.4 is 11.1 Å². The molecule has 0 bridgehead atoms. The summed E-state index contributed by atoms with van der Waals surface area (Å²) in [5.41, 5.74) is 6.97. The van der Waals surface area contributed by atoms with Gasteiger partial charge in [0.25, 0.3) is 0 Å². The minimum absolute atomic E-state index is 0. The molecular formula is C14H21ClN2O2. The molecule has 0 aromatic heterocycles. The highest BCUT2D eigenvalue weighted by atomic mass is 35.5. The molecule has 3 N–H and O–H groups in total. The number of para-hydroxylation sites is 2. The molecule has 19 heavy (non-hydrogen) atoms. The van der Waals surface area contributed by atoms with Crippen molar-refractivity contribution in [2.75, 3.05) is 17.7 Å². The van der Waals surface area contributed by atoms with Crippen LogP contribution in [0.25, 0.3) is 0 Å². The molecule has 0 saturated heterocycles. The van der Waals surface area contributed by atoms with E-state index in [1.807, 2.05) is 12.1 Å². The van der Waals surface area contributed by atoms with Gasteiger partial charge in [-0.1, -0.05) is 31.4 Å². The molecule has 1 fully saturated rings. The highest BCUT2D eigenvalue weighted by Gasteiger charge is 2.15. The van der Waals surface area contributed by atoms with Crippen LogP contribution in [0, 0.1) is 0 Å². The molecule has 1 aliphatic rings. The Hall–Kier alpha value is -1.26. The number of nitrogens with one attached hydrogen (secondary N) is 1. The van der Waals surface area contributed by atoms with Crippen molar-refractivity contribution in [3.05, 3.63) is 24.3 Å². The number of carbonyl (C=O) groups is 1. The maximum absolute atomic E-state index is 11.7. The summed E-state index contributed by atoms with van der Waals surface area (Å²) in [4.78, 5) is 11.7. The van der Waals surface area contributed by atoms with Crippen LogP contribution in [0.1, 0.15) is 32.1 Å². The summed E-state index contributed by atoms with van der Waals surface area (Å²) in [5, 5.41) is 2.76. The monoisotopic (exact) mass is 284 g/mol. The van der Waals surface area contributed by atoms with Gasteiger partial charge < -0.3 is 15.8 Å². The average Bonchev–Trinajstić information content (AvgIpc) is 2.40. The van der Waals surface area contributed by atoms with Crippen LogP contribution in [-0.2, 0) is 9.53 Å². The van der Waals surface area contributed by atoms with Gasteiger partial charge in [0.15, 0.2) is 0 Å². The van der Waals surface area contributed by atoms with Crippen molar-refractivity contribution in [2.45, 2.75) is 38.2 Å². The van der Waals surface area contributed by atoms with Gasteiger partial charge in [-0.25, -0.2) is 0 Å². The molecule has 0 unspecified atom stereocenters. The van der Waals surface area contributed by atoms with Crippen LogP contribution in [0.2, 0.25) is 0 Å². The van der Waals surface area contributed by atoms with Gasteiger partial charge in [-0.05, 0) is 25.0 Å². The van der Waals surface area contributed by atoms with Gasteiger partial charge in [-0.3, -0.25) is 4.79 Å². The van der Waals surface area contributed by atoms with E-state index < -0.39 is 0 Å². The molecule has 1 aromatic carbocycles. The third-order valence-electron chi connectivity index (χ3n) is 3.24. The summed E-state index contributed by atoms with van der Waals surface area (Å²) in [6, 6.07) is 7.23. The number of nitrogen functional groups attached to an aromatic ring is 1. The highest BCUT2D eigenvalue weighted by molar-refractivity contribution is 5.94. The number of benzene rings is 1. The standard InChI is InChI=1S/C14H20N2O2.ClH/c15-12-8-4-5-9-13(12)16-14(17)10-18-11-6-2-1-3-7-11;/h4-5,8-9,11H,1-3,6-7,10,15H2,(H,16,17);1H. The smallest absolute Gasteiger partial charge is 0.250 e. The molecule has 4 nitrogen and oxygen atoms in total. The molecule has 0 heterocycles. The number of nitrogens with two attached hydrogens (primary N) is 1. The van der Waals surface area contributed by atoms with Gasteiger partial charge in [0.2, 0.25) is 5.91 Å². The lowest BCUT2D eigenvalue weighted by Crippen LogP contribution is -2.25. The molecular weight excluding hydrogens is 264 g/mol. The molecule has 0 aliphatic heterocycles. The minimum Gasteiger partial charge on any atom is -0.397 e. The fourth-order valence-electron chi connectivity index (χ4n) is 2.22. The van der Waals surface area contributed by atoms with Crippen molar-refractivity contribution >= 4 is 29.7 Å². The number of amides is 1. The van der Waals surface area contributed by atoms with E-state index in [2.05, 4.69) is 5.32 Å². The van der Waals surface area contributed by atoms with E-state index in [-0.39, 0.29) is 31.0 Å². The molecule has 1 amide bonds. The summed E-state index contributed by atoms with van der Waals surface area (Å²) < 4.78 is 5.60. The Bertz CT molecular complexity index is 406. The van der Waals surface area contributed by atoms with Crippen molar-refractivity contribution in [1.82, 2.24) is 0 Å². The maximum Gasteiger partial charge on any atom is 0.250 e. The first-order valence-electron chi connectivity index (χ1n) is 6.51. The number of hydrogen-bond donors (Lipinski definition) is 2. The van der Waals surface area contributed by atoms with Crippen LogP contribution in [0.3, 0.4) is 0 Å². The zero-order valence-electron chi connectivity index (χ0n) is 10.9. The van der Waals surface area contributed by atoms with Crippen LogP contribution in [-0.4, -0.2) is 18.6 Å². The molecule has 2 rings (SSSR count). The summed E-state index contributed by atoms with van der Waals surface area (Å²) in [5.74, 6) is -0.140. The highest BCUT2D eigenvalue weighted by Crippen LogP contribution is 2.20. The van der Waals surface area contributed by atoms with E-state index in [9.17, 15) is 4.79 Å². The van der Waals surface area contributed by atoms with Crippen LogP contribution >= 0.6 is 12.4 Å². The van der Waals surface area contributed by atoms with Gasteiger partial charge in [0.05, 0.1) is 17.5 Å². The van der Waals surface area contributed by atoms with Gasteiger partial charge >= 0.3 is 0 Å². The predicted octanol–water partition coefficient (Wildman–Crippen LogP) is 2.98. The fraction of sp³-hybridized carbons (Fsp3) is 0.500. The number of ether oxygens (including phenoxy) is 1. The van der Waals surface area contributed by atoms with E-state index in [1.165, 1.54) is 19.3 Å². The SMILES string of the molecule is Cl.Nc1ccccc1NC(=O)COC1CCCCC1. The Balaban J connectivity index is 0.00000180. The number of halogens is 1. The molecule has 1 aromatic rings. The third-order valence-corrected chi connectivity index (χ3v) is 3.24. The van der Waals surface area contributed by atoms with Gasteiger partial charge in [-0.2, -0.15) is 0 Å². The summed E-state index contributed by atoms with van der Waals surface area (Å²) in [6.45, 7) is 0.110. The lowest BCUT2D eigenvalue weighted by Gasteiger charge is -2.21. The molecule has 0 spiro atoms. The second kappa shape index (κ2) is 8.02. The third kappa shape index (κ3) is 5.09. The summed E-state index contributed by atoms with van der Waals surface area (Å²) in [7, 11) is 0. The first kappa shape index (κ1) is 15.8. The number of hydrogen-bond acceptors (Lipinski definition) is 3. The largest absolute Gasteiger partial charge is 0.397 e. The van der Waals surface area contributed by atoms with Crippen LogP contribution in [0.15, 0.2) is 24.3 Å². The second-order valence-corrected chi connectivity index (χ2v) is 4.71. The van der Waals surface area contributed by atoms with Crippen molar-refractivity contribution in [1.29, 1.82) is 0 Å². The zero-order valence-corrected chi connectivity index (χ0v) is 11.7. The average molecular weight is 285 g/mol.